The maximum Gasteiger partial charge on any atom is 0.254 e. The Morgan fingerprint density at radius 1 is 1.13 bits per heavy atom. The highest BCUT2D eigenvalue weighted by Gasteiger charge is 2.31. The van der Waals surface area contributed by atoms with Crippen LogP contribution in [-0.2, 0) is 11.8 Å². The molecule has 6 nitrogen and oxygen atoms in total. The Bertz CT molecular complexity index is 1200. The molecule has 31 heavy (non-hydrogen) atoms. The number of ether oxygens (including phenoxy) is 1. The number of aromatic nitrogens is 1. The Balaban J connectivity index is 1.80. The van der Waals surface area contributed by atoms with E-state index in [-0.39, 0.29) is 24.1 Å². The average Bonchev–Trinajstić information content (AvgIpc) is 3.23. The van der Waals surface area contributed by atoms with Crippen LogP contribution in [0.25, 0.3) is 10.9 Å². The molecule has 0 saturated carbocycles. The molecule has 1 N–H and O–H groups in total. The predicted molar refractivity (Wildman–Crippen MR) is 124 cm³/mol. The van der Waals surface area contributed by atoms with Gasteiger partial charge in [0.2, 0.25) is 0 Å². The molecular formula is C25H29N3O3. The molecule has 1 aliphatic heterocycles. The Morgan fingerprint density at radius 2 is 1.87 bits per heavy atom. The zero-order valence-electron chi connectivity index (χ0n) is 18.9. The number of fused-ring (bicyclic) bond motifs is 1. The van der Waals surface area contributed by atoms with Gasteiger partial charge in [-0.3, -0.25) is 14.7 Å². The largest absolute Gasteiger partial charge is 0.507 e. The Hall–Kier alpha value is -3.28. The van der Waals surface area contributed by atoms with E-state index in [0.29, 0.717) is 17.1 Å². The molecule has 0 fully saturated rings. The fraction of sp³-hybridized carbons (Fsp3) is 0.360. The lowest BCUT2D eigenvalue weighted by atomic mass is 9.97. The van der Waals surface area contributed by atoms with Crippen molar-refractivity contribution in [3.05, 3.63) is 53.7 Å². The fourth-order valence-corrected chi connectivity index (χ4v) is 3.92. The van der Waals surface area contributed by atoms with Crippen LogP contribution in [0.5, 0.6) is 11.5 Å². The first-order chi connectivity index (χ1) is 14.5. The maximum absolute atomic E-state index is 12.8. The highest BCUT2D eigenvalue weighted by atomic mass is 16.5. The van der Waals surface area contributed by atoms with E-state index in [1.807, 2.05) is 68.9 Å². The minimum Gasteiger partial charge on any atom is -0.507 e. The van der Waals surface area contributed by atoms with Crippen molar-refractivity contribution in [2.24, 2.45) is 12.0 Å². The standard InChI is InChI=1S/C25H29N3O3/c1-15(2)18-12-19(21(29)13-22(18)31-25(3,4)5)24-26-14-23(30)28(24)17-7-8-20-16(11-17)9-10-27(20)6/h7-13,15,29H,14H2,1-6H3. The third-order valence-corrected chi connectivity index (χ3v) is 5.36. The molecule has 2 aromatic carbocycles. The molecule has 1 aromatic heterocycles. The van der Waals surface area contributed by atoms with Gasteiger partial charge in [-0.1, -0.05) is 13.8 Å². The zero-order valence-corrected chi connectivity index (χ0v) is 18.9. The topological polar surface area (TPSA) is 67.1 Å². The van der Waals surface area contributed by atoms with Gasteiger partial charge in [-0.15, -0.1) is 0 Å². The number of aliphatic imine (C=N–C) groups is 1. The molecule has 0 unspecified atom stereocenters. The van der Waals surface area contributed by atoms with Crippen molar-refractivity contribution in [3.63, 3.8) is 0 Å². The molecule has 0 saturated heterocycles. The molecule has 6 heteroatoms. The highest BCUT2D eigenvalue weighted by Crippen LogP contribution is 2.37. The molecule has 1 amide bonds. The van der Waals surface area contributed by atoms with Crippen LogP contribution in [0.2, 0.25) is 0 Å². The Labute approximate surface area is 182 Å². The summed E-state index contributed by atoms with van der Waals surface area (Å²) in [5.74, 6) is 1.20. The molecular weight excluding hydrogens is 390 g/mol. The fourth-order valence-electron chi connectivity index (χ4n) is 3.92. The molecule has 0 radical (unpaired) electrons. The number of aromatic hydroxyl groups is 1. The van der Waals surface area contributed by atoms with Crippen LogP contribution in [0.1, 0.15) is 51.7 Å². The summed E-state index contributed by atoms with van der Waals surface area (Å²) in [6.45, 7) is 10.1. The number of amidine groups is 1. The van der Waals surface area contributed by atoms with Crippen LogP contribution in [0.15, 0.2) is 47.6 Å². The van der Waals surface area contributed by atoms with Gasteiger partial charge in [0.05, 0.1) is 11.3 Å². The number of benzene rings is 2. The number of aryl methyl sites for hydroxylation is 1. The number of anilines is 1. The summed E-state index contributed by atoms with van der Waals surface area (Å²) in [5.41, 5.74) is 2.92. The summed E-state index contributed by atoms with van der Waals surface area (Å²) in [6.07, 6.45) is 1.99. The van der Waals surface area contributed by atoms with Crippen molar-refractivity contribution in [2.45, 2.75) is 46.1 Å². The Morgan fingerprint density at radius 3 is 2.55 bits per heavy atom. The zero-order chi connectivity index (χ0) is 22.5. The van der Waals surface area contributed by atoms with Crippen LogP contribution in [0.3, 0.4) is 0 Å². The molecule has 4 rings (SSSR count). The molecule has 0 bridgehead atoms. The number of rotatable bonds is 4. The average molecular weight is 420 g/mol. The van der Waals surface area contributed by atoms with Crippen LogP contribution in [0, 0.1) is 0 Å². The second-order valence-electron chi connectivity index (χ2n) is 9.32. The molecule has 0 aliphatic carbocycles. The molecule has 0 spiro atoms. The van der Waals surface area contributed by atoms with Crippen molar-refractivity contribution in [2.75, 3.05) is 11.4 Å². The summed E-state index contributed by atoms with van der Waals surface area (Å²) in [6, 6.07) is 11.4. The second kappa shape index (κ2) is 7.45. The first-order valence-electron chi connectivity index (χ1n) is 10.5. The normalized spacial score (nSPS) is 14.6. The van der Waals surface area contributed by atoms with Gasteiger partial charge in [0.15, 0.2) is 0 Å². The molecule has 3 aromatic rings. The van der Waals surface area contributed by atoms with Gasteiger partial charge in [0.25, 0.3) is 5.91 Å². The monoisotopic (exact) mass is 419 g/mol. The van der Waals surface area contributed by atoms with E-state index in [1.165, 1.54) is 0 Å². The number of hydrogen-bond donors (Lipinski definition) is 1. The van der Waals surface area contributed by atoms with Crippen molar-refractivity contribution in [1.29, 1.82) is 0 Å². The number of carbonyl (C=O) groups is 1. The summed E-state index contributed by atoms with van der Waals surface area (Å²) in [5, 5.41) is 11.9. The van der Waals surface area contributed by atoms with Crippen molar-refractivity contribution >= 4 is 28.3 Å². The van der Waals surface area contributed by atoms with E-state index in [4.69, 9.17) is 4.74 Å². The highest BCUT2D eigenvalue weighted by molar-refractivity contribution is 6.28. The lowest BCUT2D eigenvalue weighted by Gasteiger charge is -2.26. The van der Waals surface area contributed by atoms with E-state index in [2.05, 4.69) is 18.8 Å². The number of nitrogens with zero attached hydrogens (tertiary/aromatic N) is 3. The van der Waals surface area contributed by atoms with Crippen molar-refractivity contribution in [3.8, 4) is 11.5 Å². The number of amides is 1. The van der Waals surface area contributed by atoms with E-state index < -0.39 is 5.60 Å². The number of hydrogen-bond acceptors (Lipinski definition) is 4. The molecule has 1 aliphatic rings. The molecule has 162 valence electrons. The van der Waals surface area contributed by atoms with Gasteiger partial charge >= 0.3 is 0 Å². The number of carbonyl (C=O) groups excluding carboxylic acids is 1. The SMILES string of the molecule is CC(C)c1cc(C2=NCC(=O)N2c2ccc3c(ccn3C)c2)c(O)cc1OC(C)(C)C. The predicted octanol–water partition coefficient (Wildman–Crippen LogP) is 4.98. The first kappa shape index (κ1) is 21.0. The lowest BCUT2D eigenvalue weighted by molar-refractivity contribution is -0.115. The Kier molecular flexibility index (Phi) is 5.04. The smallest absolute Gasteiger partial charge is 0.254 e. The summed E-state index contributed by atoms with van der Waals surface area (Å²) < 4.78 is 8.13. The van der Waals surface area contributed by atoms with Gasteiger partial charge in [0, 0.05) is 30.2 Å². The van der Waals surface area contributed by atoms with E-state index in [1.54, 1.807) is 11.0 Å². The van der Waals surface area contributed by atoms with Crippen LogP contribution in [0.4, 0.5) is 5.69 Å². The van der Waals surface area contributed by atoms with Gasteiger partial charge < -0.3 is 14.4 Å². The van der Waals surface area contributed by atoms with Crippen molar-refractivity contribution < 1.29 is 14.6 Å². The quantitative estimate of drug-likeness (QED) is 0.649. The van der Waals surface area contributed by atoms with Gasteiger partial charge in [-0.05, 0) is 62.6 Å². The lowest BCUT2D eigenvalue weighted by Crippen LogP contribution is -2.33. The minimum atomic E-state index is -0.393. The van der Waals surface area contributed by atoms with Crippen LogP contribution in [-0.4, -0.2) is 33.6 Å². The summed E-state index contributed by atoms with van der Waals surface area (Å²) in [7, 11) is 1.99. The van der Waals surface area contributed by atoms with Crippen LogP contribution < -0.4 is 9.64 Å². The number of phenolic OH excluding ortho intramolecular Hbond substituents is 1. The van der Waals surface area contributed by atoms with Gasteiger partial charge in [-0.25, -0.2) is 0 Å². The van der Waals surface area contributed by atoms with E-state index in [0.717, 1.165) is 22.2 Å². The first-order valence-corrected chi connectivity index (χ1v) is 10.5. The molecule has 2 heterocycles. The molecule has 0 atom stereocenters. The van der Waals surface area contributed by atoms with Gasteiger partial charge in [-0.2, -0.15) is 0 Å². The maximum atomic E-state index is 12.8. The van der Waals surface area contributed by atoms with Crippen LogP contribution >= 0.6 is 0 Å². The number of phenols is 1. The van der Waals surface area contributed by atoms with E-state index >= 15 is 0 Å². The summed E-state index contributed by atoms with van der Waals surface area (Å²) in [4.78, 5) is 18.9. The van der Waals surface area contributed by atoms with Gasteiger partial charge in [0.1, 0.15) is 29.5 Å². The third-order valence-electron chi connectivity index (χ3n) is 5.36. The van der Waals surface area contributed by atoms with Crippen molar-refractivity contribution in [1.82, 2.24) is 4.57 Å². The third kappa shape index (κ3) is 3.90. The minimum absolute atomic E-state index is 0.0443. The second-order valence-corrected chi connectivity index (χ2v) is 9.32. The van der Waals surface area contributed by atoms with E-state index in [9.17, 15) is 9.90 Å². The summed E-state index contributed by atoms with van der Waals surface area (Å²) >= 11 is 0.